The van der Waals surface area contributed by atoms with Gasteiger partial charge in [0.05, 0.1) is 0 Å². The molecule has 3 heteroatoms. The summed E-state index contributed by atoms with van der Waals surface area (Å²) in [7, 11) is 0. The molecule has 0 radical (unpaired) electrons. The fourth-order valence-corrected chi connectivity index (χ4v) is 2.07. The monoisotopic (exact) mass is 230 g/mol. The molecular formula is C14H18N2O. The minimum Gasteiger partial charge on any atom is -0.332 e. The average molecular weight is 230 g/mol. The molecule has 2 rings (SSSR count). The fraction of sp³-hybridized carbons (Fsp3) is 0.357. The Morgan fingerprint density at radius 2 is 2.24 bits per heavy atom. The van der Waals surface area contributed by atoms with Crippen LogP contribution in [-0.4, -0.2) is 23.4 Å². The molecule has 0 atom stereocenters. The zero-order chi connectivity index (χ0) is 12.4. The first-order valence-electron chi connectivity index (χ1n) is 5.94. The topological polar surface area (TPSA) is 46.3 Å². The first kappa shape index (κ1) is 11.9. The molecule has 1 aliphatic rings. The van der Waals surface area contributed by atoms with Gasteiger partial charge in [0.15, 0.2) is 0 Å². The number of carbonyl (C=O) groups excluding carboxylic acids is 1. The maximum Gasteiger partial charge on any atom is 0.254 e. The van der Waals surface area contributed by atoms with Gasteiger partial charge in [0.25, 0.3) is 5.91 Å². The third-order valence-corrected chi connectivity index (χ3v) is 3.04. The molecule has 1 aromatic rings. The molecule has 90 valence electrons. The van der Waals surface area contributed by atoms with Crippen LogP contribution in [0, 0.1) is 0 Å². The number of nitrogens with zero attached hydrogens (tertiary/aromatic N) is 1. The van der Waals surface area contributed by atoms with Crippen molar-refractivity contribution in [1.29, 1.82) is 0 Å². The van der Waals surface area contributed by atoms with Crippen LogP contribution in [0.1, 0.15) is 35.3 Å². The maximum atomic E-state index is 12.1. The number of hydrogen-bond donors (Lipinski definition) is 1. The van der Waals surface area contributed by atoms with Crippen LogP contribution < -0.4 is 5.73 Å². The van der Waals surface area contributed by atoms with Crippen molar-refractivity contribution in [3.8, 4) is 0 Å². The quantitative estimate of drug-likeness (QED) is 0.863. The van der Waals surface area contributed by atoms with E-state index in [9.17, 15) is 4.79 Å². The third-order valence-electron chi connectivity index (χ3n) is 3.04. The summed E-state index contributed by atoms with van der Waals surface area (Å²) < 4.78 is 0. The van der Waals surface area contributed by atoms with Crippen molar-refractivity contribution < 1.29 is 4.79 Å². The second-order valence-electron chi connectivity index (χ2n) is 4.58. The molecule has 0 fully saturated rings. The minimum atomic E-state index is 0.137. The van der Waals surface area contributed by atoms with Crippen LogP contribution in [0.15, 0.2) is 24.3 Å². The van der Waals surface area contributed by atoms with Gasteiger partial charge in [-0.15, -0.1) is 0 Å². The van der Waals surface area contributed by atoms with Gasteiger partial charge in [0.2, 0.25) is 0 Å². The van der Waals surface area contributed by atoms with E-state index in [1.165, 1.54) is 0 Å². The van der Waals surface area contributed by atoms with Crippen molar-refractivity contribution >= 4 is 12.0 Å². The predicted molar refractivity (Wildman–Crippen MR) is 69.5 cm³/mol. The van der Waals surface area contributed by atoms with E-state index in [4.69, 9.17) is 5.73 Å². The van der Waals surface area contributed by atoms with E-state index < -0.39 is 0 Å². The Balaban J connectivity index is 2.31. The number of fused-ring (bicyclic) bond motifs is 1. The van der Waals surface area contributed by atoms with Gasteiger partial charge >= 0.3 is 0 Å². The highest BCUT2D eigenvalue weighted by molar-refractivity contribution is 5.99. The zero-order valence-corrected chi connectivity index (χ0v) is 10.3. The summed E-state index contributed by atoms with van der Waals surface area (Å²) in [6.07, 6.45) is 3.84. The molecule has 0 aliphatic carbocycles. The van der Waals surface area contributed by atoms with Crippen LogP contribution in [0.25, 0.3) is 6.08 Å². The summed E-state index contributed by atoms with van der Waals surface area (Å²) in [5.74, 6) is 0.137. The van der Waals surface area contributed by atoms with Gasteiger partial charge in [-0.1, -0.05) is 24.3 Å². The van der Waals surface area contributed by atoms with Crippen molar-refractivity contribution in [1.82, 2.24) is 4.90 Å². The van der Waals surface area contributed by atoms with Gasteiger partial charge in [-0.2, -0.15) is 0 Å². The van der Waals surface area contributed by atoms with Crippen LogP contribution in [0.3, 0.4) is 0 Å². The lowest BCUT2D eigenvalue weighted by Crippen LogP contribution is -2.30. The molecule has 1 aromatic carbocycles. The van der Waals surface area contributed by atoms with Crippen molar-refractivity contribution in [2.24, 2.45) is 5.73 Å². The molecule has 0 saturated carbocycles. The van der Waals surface area contributed by atoms with Crippen molar-refractivity contribution in [2.45, 2.75) is 26.4 Å². The Labute approximate surface area is 102 Å². The van der Waals surface area contributed by atoms with E-state index in [0.717, 1.165) is 23.2 Å². The van der Waals surface area contributed by atoms with Crippen molar-refractivity contribution in [2.75, 3.05) is 6.54 Å². The van der Waals surface area contributed by atoms with Crippen LogP contribution in [0.2, 0.25) is 0 Å². The third kappa shape index (κ3) is 2.24. The van der Waals surface area contributed by atoms with E-state index in [1.54, 1.807) is 0 Å². The lowest BCUT2D eigenvalue weighted by molar-refractivity contribution is 0.0730. The normalized spacial score (nSPS) is 15.1. The average Bonchev–Trinajstić information content (AvgIpc) is 2.64. The number of hydrogen-bond acceptors (Lipinski definition) is 2. The van der Waals surface area contributed by atoms with Crippen LogP contribution in [0.4, 0.5) is 0 Å². The van der Waals surface area contributed by atoms with Gasteiger partial charge in [0, 0.05) is 24.7 Å². The summed E-state index contributed by atoms with van der Waals surface area (Å²) in [5, 5.41) is 0. The van der Waals surface area contributed by atoms with Gasteiger partial charge in [-0.05, 0) is 31.0 Å². The largest absolute Gasteiger partial charge is 0.332 e. The highest BCUT2D eigenvalue weighted by Crippen LogP contribution is 2.25. The summed E-state index contributed by atoms with van der Waals surface area (Å²) >= 11 is 0. The molecule has 0 saturated heterocycles. The summed E-state index contributed by atoms with van der Waals surface area (Å²) in [4.78, 5) is 14.0. The van der Waals surface area contributed by atoms with Crippen LogP contribution >= 0.6 is 0 Å². The summed E-state index contributed by atoms with van der Waals surface area (Å²) in [5.41, 5.74) is 8.40. The second-order valence-corrected chi connectivity index (χ2v) is 4.58. The van der Waals surface area contributed by atoms with Crippen molar-refractivity contribution in [3.63, 3.8) is 0 Å². The molecule has 1 heterocycles. The van der Waals surface area contributed by atoms with Gasteiger partial charge < -0.3 is 10.6 Å². The number of carbonyl (C=O) groups is 1. The molecule has 0 spiro atoms. The predicted octanol–water partition coefficient (Wildman–Crippen LogP) is 2.02. The van der Waals surface area contributed by atoms with Gasteiger partial charge in [0.1, 0.15) is 0 Å². The smallest absolute Gasteiger partial charge is 0.254 e. The summed E-state index contributed by atoms with van der Waals surface area (Å²) in [6.45, 7) is 5.33. The second kappa shape index (κ2) is 4.72. The van der Waals surface area contributed by atoms with Crippen LogP contribution in [0.5, 0.6) is 0 Å². The van der Waals surface area contributed by atoms with E-state index in [-0.39, 0.29) is 11.9 Å². The zero-order valence-electron chi connectivity index (χ0n) is 10.3. The van der Waals surface area contributed by atoms with Gasteiger partial charge in [-0.3, -0.25) is 4.79 Å². The SMILES string of the molecule is CC(C)N1Cc2ccc(/C=C/CN)cc2C1=O. The lowest BCUT2D eigenvalue weighted by atomic mass is 10.1. The number of nitrogens with two attached hydrogens (primary N) is 1. The van der Waals surface area contributed by atoms with Gasteiger partial charge in [-0.25, -0.2) is 0 Å². The number of benzene rings is 1. The molecule has 17 heavy (non-hydrogen) atoms. The van der Waals surface area contributed by atoms with E-state index in [0.29, 0.717) is 6.54 Å². The highest BCUT2D eigenvalue weighted by Gasteiger charge is 2.28. The standard InChI is InChI=1S/C14H18N2O/c1-10(2)16-9-12-6-5-11(4-3-7-15)8-13(12)14(16)17/h3-6,8,10H,7,9,15H2,1-2H3/b4-3+. The Morgan fingerprint density at radius 3 is 2.88 bits per heavy atom. The molecule has 3 nitrogen and oxygen atoms in total. The first-order valence-corrected chi connectivity index (χ1v) is 5.94. The first-order chi connectivity index (χ1) is 8.13. The highest BCUT2D eigenvalue weighted by atomic mass is 16.2. The summed E-state index contributed by atoms with van der Waals surface area (Å²) in [6, 6.07) is 6.26. The molecule has 0 bridgehead atoms. The molecular weight excluding hydrogens is 212 g/mol. The van der Waals surface area contributed by atoms with E-state index >= 15 is 0 Å². The Bertz CT molecular complexity index is 463. The fourth-order valence-electron chi connectivity index (χ4n) is 2.07. The van der Waals surface area contributed by atoms with Crippen LogP contribution in [-0.2, 0) is 6.54 Å². The molecule has 0 aromatic heterocycles. The Hall–Kier alpha value is -1.61. The van der Waals surface area contributed by atoms with E-state index in [1.807, 2.05) is 49.1 Å². The van der Waals surface area contributed by atoms with Crippen molar-refractivity contribution in [3.05, 3.63) is 41.0 Å². The molecule has 1 amide bonds. The molecule has 2 N–H and O–H groups in total. The van der Waals surface area contributed by atoms with E-state index in [2.05, 4.69) is 0 Å². The molecule has 0 unspecified atom stereocenters. The number of amides is 1. The maximum absolute atomic E-state index is 12.1. The Morgan fingerprint density at radius 1 is 1.47 bits per heavy atom. The Kier molecular flexibility index (Phi) is 3.29. The molecule has 1 aliphatic heterocycles. The lowest BCUT2D eigenvalue weighted by Gasteiger charge is -2.19. The minimum absolute atomic E-state index is 0.137. The number of rotatable bonds is 3.